The van der Waals surface area contributed by atoms with Gasteiger partial charge in [0.25, 0.3) is 5.91 Å². The highest BCUT2D eigenvalue weighted by Crippen LogP contribution is 2.29. The predicted octanol–water partition coefficient (Wildman–Crippen LogP) is 5.32. The van der Waals surface area contributed by atoms with Gasteiger partial charge in [-0.05, 0) is 74.7 Å². The molecule has 1 N–H and O–H groups in total. The first-order chi connectivity index (χ1) is 19.6. The lowest BCUT2D eigenvalue weighted by Crippen LogP contribution is -2.35. The fourth-order valence-electron chi connectivity index (χ4n) is 5.62. The van der Waals surface area contributed by atoms with Crippen molar-refractivity contribution in [3.63, 3.8) is 0 Å². The molecule has 1 amide bonds. The molecule has 0 spiro atoms. The summed E-state index contributed by atoms with van der Waals surface area (Å²) in [6.45, 7) is 2.74. The van der Waals surface area contributed by atoms with E-state index in [0.717, 1.165) is 54.4 Å². The molecular weight excluding hydrogens is 518 g/mol. The number of nitrogens with one attached hydrogen (secondary N) is 1. The fourth-order valence-corrected chi connectivity index (χ4v) is 6.56. The van der Waals surface area contributed by atoms with E-state index in [1.807, 2.05) is 83.6 Å². The van der Waals surface area contributed by atoms with Gasteiger partial charge in [-0.3, -0.25) is 19.5 Å². The number of carbonyl (C=O) groups is 1. The number of piperidine rings is 1. The number of nitrogens with zero attached hydrogens (tertiary/aromatic N) is 4. The summed E-state index contributed by atoms with van der Waals surface area (Å²) in [7, 11) is 1.62. The maximum absolute atomic E-state index is 13.8. The third-order valence-corrected chi connectivity index (χ3v) is 8.65. The highest BCUT2D eigenvalue weighted by Gasteiger charge is 2.27. The molecule has 1 saturated heterocycles. The molecule has 4 heterocycles. The van der Waals surface area contributed by atoms with Crippen LogP contribution in [0.3, 0.4) is 0 Å². The summed E-state index contributed by atoms with van der Waals surface area (Å²) >= 11 is 1.69. The Bertz CT molecular complexity index is 1690. The predicted molar refractivity (Wildman–Crippen MR) is 160 cm³/mol. The third-order valence-electron chi connectivity index (χ3n) is 7.65. The Hall–Kier alpha value is -4.14. The Labute approximate surface area is 237 Å². The van der Waals surface area contributed by atoms with Gasteiger partial charge in [0.1, 0.15) is 10.7 Å². The number of likely N-dealkylation sites (tertiary alicyclic amines) is 1. The number of amides is 1. The van der Waals surface area contributed by atoms with Crippen LogP contribution in [0.15, 0.2) is 90.0 Å². The second-order valence-electron chi connectivity index (χ2n) is 10.2. The molecule has 3 aromatic heterocycles. The Kier molecular flexibility index (Phi) is 7.53. The number of hydrogen-bond donors (Lipinski definition) is 1. The molecule has 0 atom stereocenters. The molecule has 2 aromatic carbocycles. The van der Waals surface area contributed by atoms with E-state index in [-0.39, 0.29) is 11.3 Å². The molecule has 0 radical (unpaired) electrons. The molecular formula is C32H31N5O2S. The normalized spacial score (nSPS) is 14.4. The zero-order valence-electron chi connectivity index (χ0n) is 22.4. The fraction of sp³-hybridized carbons (Fsp3) is 0.250. The van der Waals surface area contributed by atoms with E-state index < -0.39 is 0 Å². The average Bonchev–Trinajstić information content (AvgIpc) is 3.48. The first-order valence-corrected chi connectivity index (χ1v) is 14.5. The number of aromatic nitrogens is 3. The third kappa shape index (κ3) is 5.20. The zero-order chi connectivity index (χ0) is 27.5. The maximum Gasteiger partial charge on any atom is 0.268 e. The first-order valence-electron chi connectivity index (χ1n) is 13.6. The molecule has 6 rings (SSSR count). The number of thiazole rings is 1. The van der Waals surface area contributed by atoms with Gasteiger partial charge >= 0.3 is 0 Å². The number of benzene rings is 2. The Balaban J connectivity index is 1.25. The second kappa shape index (κ2) is 11.5. The van der Waals surface area contributed by atoms with Crippen molar-refractivity contribution in [2.75, 3.05) is 20.1 Å². The van der Waals surface area contributed by atoms with Crippen molar-refractivity contribution in [1.29, 1.82) is 0 Å². The van der Waals surface area contributed by atoms with Crippen LogP contribution in [0.2, 0.25) is 0 Å². The number of fused-ring (bicyclic) bond motifs is 1. The average molecular weight is 550 g/mol. The van der Waals surface area contributed by atoms with Gasteiger partial charge in [0.2, 0.25) is 0 Å². The molecule has 202 valence electrons. The quantitative estimate of drug-likeness (QED) is 0.297. The van der Waals surface area contributed by atoms with Crippen LogP contribution in [0, 0.1) is 5.92 Å². The van der Waals surface area contributed by atoms with Crippen molar-refractivity contribution in [2.45, 2.75) is 25.8 Å². The van der Waals surface area contributed by atoms with Gasteiger partial charge in [0.05, 0.1) is 11.2 Å². The van der Waals surface area contributed by atoms with Gasteiger partial charge in [-0.25, -0.2) is 4.98 Å². The van der Waals surface area contributed by atoms with Crippen LogP contribution >= 0.6 is 11.3 Å². The first kappa shape index (κ1) is 26.1. The topological polar surface area (TPSA) is 80.1 Å². The van der Waals surface area contributed by atoms with Crippen molar-refractivity contribution in [3.8, 4) is 16.4 Å². The Morgan fingerprint density at radius 1 is 0.975 bits per heavy atom. The van der Waals surface area contributed by atoms with Gasteiger partial charge in [0, 0.05) is 47.5 Å². The smallest absolute Gasteiger partial charge is 0.268 e. The van der Waals surface area contributed by atoms with Crippen LogP contribution < -0.4 is 10.7 Å². The van der Waals surface area contributed by atoms with E-state index in [0.29, 0.717) is 29.0 Å². The lowest BCUT2D eigenvalue weighted by atomic mass is 9.88. The van der Waals surface area contributed by atoms with Gasteiger partial charge < -0.3 is 9.88 Å². The molecule has 0 saturated carbocycles. The lowest BCUT2D eigenvalue weighted by molar-refractivity contribution is 0.0954. The summed E-state index contributed by atoms with van der Waals surface area (Å²) in [5.41, 5.74) is 3.50. The molecule has 0 aliphatic carbocycles. The molecule has 1 aliphatic rings. The van der Waals surface area contributed by atoms with Crippen LogP contribution in [-0.2, 0) is 13.0 Å². The molecule has 1 fully saturated rings. The molecule has 0 bridgehead atoms. The van der Waals surface area contributed by atoms with E-state index in [4.69, 9.17) is 0 Å². The van der Waals surface area contributed by atoms with Crippen LogP contribution in [-0.4, -0.2) is 45.5 Å². The van der Waals surface area contributed by atoms with Gasteiger partial charge in [-0.2, -0.15) is 0 Å². The van der Waals surface area contributed by atoms with Crippen LogP contribution in [0.4, 0.5) is 0 Å². The standard InChI is InChI=1S/C32H31N5O2S/c1-33-31(39)29-26(30(38)25-11-5-6-13-28(25)37(29)23-9-3-2-4-10-23)19-22-14-17-36(18-15-22)21-24-20-35-32(40-24)27-12-7-8-16-34-27/h2-13,16,20,22H,14-15,17-19,21H2,1H3,(H,33,39). The summed E-state index contributed by atoms with van der Waals surface area (Å²) in [4.78, 5) is 39.8. The Morgan fingerprint density at radius 3 is 2.48 bits per heavy atom. The van der Waals surface area contributed by atoms with Gasteiger partial charge in [-0.1, -0.05) is 36.4 Å². The van der Waals surface area contributed by atoms with Gasteiger partial charge in [-0.15, -0.1) is 11.3 Å². The van der Waals surface area contributed by atoms with Crippen LogP contribution in [0.25, 0.3) is 27.3 Å². The van der Waals surface area contributed by atoms with Crippen LogP contribution in [0.5, 0.6) is 0 Å². The van der Waals surface area contributed by atoms with E-state index in [2.05, 4.69) is 20.2 Å². The van der Waals surface area contributed by atoms with E-state index in [1.165, 1.54) is 4.88 Å². The van der Waals surface area contributed by atoms with E-state index in [1.54, 1.807) is 24.6 Å². The molecule has 1 aliphatic heterocycles. The molecule has 40 heavy (non-hydrogen) atoms. The largest absolute Gasteiger partial charge is 0.354 e. The SMILES string of the molecule is CNC(=O)c1c(CC2CCN(Cc3cnc(-c4ccccn4)s3)CC2)c(=O)c2ccccc2n1-c1ccccc1. The minimum absolute atomic E-state index is 0.0458. The molecule has 0 unspecified atom stereocenters. The monoisotopic (exact) mass is 549 g/mol. The number of rotatable bonds is 7. The van der Waals surface area contributed by atoms with Crippen molar-refractivity contribution in [2.24, 2.45) is 5.92 Å². The molecule has 8 heteroatoms. The Morgan fingerprint density at radius 2 is 1.73 bits per heavy atom. The summed E-state index contributed by atoms with van der Waals surface area (Å²) in [6, 6.07) is 23.3. The lowest BCUT2D eigenvalue weighted by Gasteiger charge is -2.32. The second-order valence-corrected chi connectivity index (χ2v) is 11.3. The number of hydrogen-bond acceptors (Lipinski definition) is 6. The number of carbonyl (C=O) groups excluding carboxylic acids is 1. The summed E-state index contributed by atoms with van der Waals surface area (Å²) in [6.07, 6.45) is 6.27. The van der Waals surface area contributed by atoms with E-state index >= 15 is 0 Å². The molecule has 7 nitrogen and oxygen atoms in total. The van der Waals surface area contributed by atoms with Crippen molar-refractivity contribution < 1.29 is 4.79 Å². The number of para-hydroxylation sites is 2. The highest BCUT2D eigenvalue weighted by molar-refractivity contribution is 7.14. The highest BCUT2D eigenvalue weighted by atomic mass is 32.1. The summed E-state index contributed by atoms with van der Waals surface area (Å²) in [5.74, 6) is 0.0799. The van der Waals surface area contributed by atoms with Crippen molar-refractivity contribution in [1.82, 2.24) is 24.8 Å². The van der Waals surface area contributed by atoms with Crippen LogP contribution in [0.1, 0.15) is 33.8 Å². The number of pyridine rings is 2. The van der Waals surface area contributed by atoms with Crippen molar-refractivity contribution >= 4 is 28.1 Å². The summed E-state index contributed by atoms with van der Waals surface area (Å²) < 4.78 is 1.95. The minimum Gasteiger partial charge on any atom is -0.354 e. The molecule has 5 aromatic rings. The van der Waals surface area contributed by atoms with Gasteiger partial charge in [0.15, 0.2) is 5.43 Å². The zero-order valence-corrected chi connectivity index (χ0v) is 23.2. The van der Waals surface area contributed by atoms with E-state index in [9.17, 15) is 9.59 Å². The van der Waals surface area contributed by atoms with Crippen molar-refractivity contribution in [3.05, 3.63) is 112 Å². The summed E-state index contributed by atoms with van der Waals surface area (Å²) in [5, 5.41) is 4.38. The minimum atomic E-state index is -0.243. The maximum atomic E-state index is 13.8.